The van der Waals surface area contributed by atoms with Gasteiger partial charge in [0.2, 0.25) is 5.95 Å². The van der Waals surface area contributed by atoms with Crippen LogP contribution in [0, 0.1) is 5.82 Å². The molecular formula is C17H16FN3O2. The van der Waals surface area contributed by atoms with Crippen molar-refractivity contribution < 1.29 is 9.13 Å². The molecular weight excluding hydrogens is 297 g/mol. The van der Waals surface area contributed by atoms with Gasteiger partial charge in [0.05, 0.1) is 24.1 Å². The maximum atomic E-state index is 13.5. The van der Waals surface area contributed by atoms with Crippen LogP contribution < -0.4 is 15.6 Å². The van der Waals surface area contributed by atoms with Gasteiger partial charge in [-0.25, -0.2) is 9.37 Å². The third-order valence-electron chi connectivity index (χ3n) is 3.62. The van der Waals surface area contributed by atoms with Crippen LogP contribution in [-0.2, 0) is 0 Å². The minimum absolute atomic E-state index is 0.225. The van der Waals surface area contributed by atoms with Crippen molar-refractivity contribution in [3.63, 3.8) is 0 Å². The van der Waals surface area contributed by atoms with Crippen LogP contribution in [0.4, 0.5) is 10.3 Å². The Morgan fingerprint density at radius 1 is 1.26 bits per heavy atom. The fourth-order valence-electron chi connectivity index (χ4n) is 2.48. The van der Waals surface area contributed by atoms with Crippen molar-refractivity contribution in [1.29, 1.82) is 0 Å². The van der Waals surface area contributed by atoms with Gasteiger partial charge in [0.1, 0.15) is 11.6 Å². The van der Waals surface area contributed by atoms with Crippen molar-refractivity contribution in [3.8, 4) is 5.75 Å². The smallest absolute Gasteiger partial charge is 0.260 e. The zero-order chi connectivity index (χ0) is 16.4. The van der Waals surface area contributed by atoms with Crippen LogP contribution in [0.1, 0.15) is 18.5 Å². The number of H-pyrrole nitrogens is 1. The maximum absolute atomic E-state index is 13.5. The minimum atomic E-state index is -0.352. The fraction of sp³-hybridized carbons (Fsp3) is 0.176. The Balaban J connectivity index is 1.96. The van der Waals surface area contributed by atoms with E-state index in [0.29, 0.717) is 28.2 Å². The van der Waals surface area contributed by atoms with Crippen molar-refractivity contribution in [3.05, 3.63) is 64.2 Å². The molecule has 2 aromatic carbocycles. The number of fused-ring (bicyclic) bond motifs is 1. The third-order valence-corrected chi connectivity index (χ3v) is 3.62. The zero-order valence-electron chi connectivity index (χ0n) is 12.8. The molecule has 0 saturated carbocycles. The van der Waals surface area contributed by atoms with Gasteiger partial charge >= 0.3 is 0 Å². The van der Waals surface area contributed by atoms with Gasteiger partial charge in [-0.05, 0) is 37.3 Å². The first-order chi connectivity index (χ1) is 11.1. The second-order valence-corrected chi connectivity index (χ2v) is 5.18. The first-order valence-corrected chi connectivity index (χ1v) is 7.17. The number of hydrogen-bond acceptors (Lipinski definition) is 4. The molecule has 3 aromatic rings. The summed E-state index contributed by atoms with van der Waals surface area (Å²) in [6.45, 7) is 1.84. The van der Waals surface area contributed by atoms with Crippen molar-refractivity contribution in [1.82, 2.24) is 9.97 Å². The van der Waals surface area contributed by atoms with E-state index in [1.807, 2.05) is 13.0 Å². The van der Waals surface area contributed by atoms with E-state index in [1.165, 1.54) is 19.2 Å². The molecule has 0 bridgehead atoms. The lowest BCUT2D eigenvalue weighted by molar-refractivity contribution is 0.406. The number of methoxy groups -OCH3 is 1. The monoisotopic (exact) mass is 313 g/mol. The summed E-state index contributed by atoms with van der Waals surface area (Å²) in [7, 11) is 1.53. The predicted octanol–water partition coefficient (Wildman–Crippen LogP) is 3.24. The van der Waals surface area contributed by atoms with Crippen LogP contribution in [0.25, 0.3) is 10.9 Å². The fourth-order valence-corrected chi connectivity index (χ4v) is 2.48. The summed E-state index contributed by atoms with van der Waals surface area (Å²) in [5.41, 5.74) is 1.01. The molecule has 3 rings (SSSR count). The lowest BCUT2D eigenvalue weighted by Crippen LogP contribution is -2.16. The van der Waals surface area contributed by atoms with E-state index < -0.39 is 0 Å². The number of hydrogen-bond donors (Lipinski definition) is 2. The Labute approximate surface area is 132 Å². The van der Waals surface area contributed by atoms with Gasteiger partial charge in [0.25, 0.3) is 5.56 Å². The summed E-state index contributed by atoms with van der Waals surface area (Å²) in [6, 6.07) is 11.1. The third kappa shape index (κ3) is 3.01. The van der Waals surface area contributed by atoms with E-state index in [2.05, 4.69) is 15.3 Å². The number of anilines is 1. The molecule has 118 valence electrons. The Morgan fingerprint density at radius 3 is 2.83 bits per heavy atom. The molecule has 1 atom stereocenters. The summed E-state index contributed by atoms with van der Waals surface area (Å²) < 4.78 is 18.8. The van der Waals surface area contributed by atoms with Gasteiger partial charge in [0.15, 0.2) is 0 Å². The summed E-state index contributed by atoms with van der Waals surface area (Å²) in [5.74, 6) is 0.538. The topological polar surface area (TPSA) is 67.0 Å². The first kappa shape index (κ1) is 15.0. The molecule has 0 aliphatic rings. The van der Waals surface area contributed by atoms with E-state index in [9.17, 15) is 9.18 Å². The average molecular weight is 313 g/mol. The number of ether oxygens (including phenoxy) is 1. The molecule has 1 heterocycles. The lowest BCUT2D eigenvalue weighted by atomic mass is 10.1. The summed E-state index contributed by atoms with van der Waals surface area (Å²) in [5, 5.41) is 3.60. The van der Waals surface area contributed by atoms with E-state index >= 15 is 0 Å². The molecule has 23 heavy (non-hydrogen) atoms. The van der Waals surface area contributed by atoms with E-state index in [1.54, 1.807) is 24.3 Å². The number of aromatic amines is 1. The number of aromatic nitrogens is 2. The molecule has 0 radical (unpaired) electrons. The molecule has 0 spiro atoms. The molecule has 0 amide bonds. The quantitative estimate of drug-likeness (QED) is 0.776. The van der Waals surface area contributed by atoms with E-state index in [0.717, 1.165) is 0 Å². The molecule has 6 heteroatoms. The normalized spacial score (nSPS) is 12.1. The Hall–Kier alpha value is -2.89. The number of para-hydroxylation sites is 1. The molecule has 0 saturated heterocycles. The number of rotatable bonds is 4. The lowest BCUT2D eigenvalue weighted by Gasteiger charge is -2.17. The number of nitrogens with one attached hydrogen (secondary N) is 2. The second-order valence-electron chi connectivity index (χ2n) is 5.18. The van der Waals surface area contributed by atoms with Crippen LogP contribution in [0.2, 0.25) is 0 Å². The van der Waals surface area contributed by atoms with Gasteiger partial charge in [0, 0.05) is 5.56 Å². The predicted molar refractivity (Wildman–Crippen MR) is 87.4 cm³/mol. The van der Waals surface area contributed by atoms with Crippen molar-refractivity contribution in [2.45, 2.75) is 13.0 Å². The summed E-state index contributed by atoms with van der Waals surface area (Å²) in [4.78, 5) is 19.1. The molecule has 2 N–H and O–H groups in total. The highest BCUT2D eigenvalue weighted by molar-refractivity contribution is 5.78. The number of halogens is 1. The highest BCUT2D eigenvalue weighted by atomic mass is 19.1. The van der Waals surface area contributed by atoms with E-state index in [-0.39, 0.29) is 17.4 Å². The second kappa shape index (κ2) is 6.08. The first-order valence-electron chi connectivity index (χ1n) is 7.17. The van der Waals surface area contributed by atoms with Crippen LogP contribution in [0.15, 0.2) is 47.3 Å². The minimum Gasteiger partial charge on any atom is -0.496 e. The Kier molecular flexibility index (Phi) is 3.97. The molecule has 0 unspecified atom stereocenters. The number of benzene rings is 2. The van der Waals surface area contributed by atoms with Crippen molar-refractivity contribution in [2.75, 3.05) is 12.4 Å². The van der Waals surface area contributed by atoms with Crippen LogP contribution in [0.5, 0.6) is 5.75 Å². The van der Waals surface area contributed by atoms with Gasteiger partial charge < -0.3 is 10.1 Å². The van der Waals surface area contributed by atoms with Crippen LogP contribution in [0.3, 0.4) is 0 Å². The molecule has 5 nitrogen and oxygen atoms in total. The van der Waals surface area contributed by atoms with Crippen LogP contribution >= 0.6 is 0 Å². The zero-order valence-corrected chi connectivity index (χ0v) is 12.8. The van der Waals surface area contributed by atoms with Crippen LogP contribution in [-0.4, -0.2) is 17.1 Å². The standard InChI is InChI=1S/C17H16FN3O2/c1-10(13-9-11(18)7-8-15(13)23-2)19-17-20-14-6-4-3-5-12(14)16(22)21-17/h3-10H,1-2H3,(H2,19,20,21,22)/t10-/m0/s1. The van der Waals surface area contributed by atoms with Gasteiger partial charge in [-0.2, -0.15) is 0 Å². The number of nitrogens with zero attached hydrogens (tertiary/aromatic N) is 1. The molecule has 0 aliphatic carbocycles. The van der Waals surface area contributed by atoms with Gasteiger partial charge in [-0.3, -0.25) is 9.78 Å². The molecule has 0 aliphatic heterocycles. The maximum Gasteiger partial charge on any atom is 0.260 e. The Morgan fingerprint density at radius 2 is 2.04 bits per heavy atom. The molecule has 0 fully saturated rings. The average Bonchev–Trinajstić information content (AvgIpc) is 2.55. The van der Waals surface area contributed by atoms with Gasteiger partial charge in [-0.1, -0.05) is 12.1 Å². The summed E-state index contributed by atoms with van der Waals surface area (Å²) >= 11 is 0. The summed E-state index contributed by atoms with van der Waals surface area (Å²) in [6.07, 6.45) is 0. The molecule has 1 aromatic heterocycles. The SMILES string of the molecule is COc1ccc(F)cc1[C@H](C)Nc1nc2ccccc2c(=O)[nH]1. The van der Waals surface area contributed by atoms with Gasteiger partial charge in [-0.15, -0.1) is 0 Å². The van der Waals surface area contributed by atoms with Crippen molar-refractivity contribution >= 4 is 16.9 Å². The largest absolute Gasteiger partial charge is 0.496 e. The highest BCUT2D eigenvalue weighted by Gasteiger charge is 2.14. The highest BCUT2D eigenvalue weighted by Crippen LogP contribution is 2.27. The van der Waals surface area contributed by atoms with E-state index in [4.69, 9.17) is 4.74 Å². The Bertz CT molecular complexity index is 908. The van der Waals surface area contributed by atoms with Crippen molar-refractivity contribution in [2.24, 2.45) is 0 Å².